The molecule has 1 aromatic heterocycles. The number of nitrogens with zero attached hydrogens (tertiary/aromatic N) is 3. The first-order chi connectivity index (χ1) is 9.99. The Bertz CT molecular complexity index is 603. The Morgan fingerprint density at radius 3 is 2.38 bits per heavy atom. The van der Waals surface area contributed by atoms with E-state index in [0.717, 1.165) is 11.3 Å². The van der Waals surface area contributed by atoms with E-state index in [1.807, 2.05) is 31.2 Å². The third-order valence-electron chi connectivity index (χ3n) is 2.99. The van der Waals surface area contributed by atoms with Crippen LogP contribution < -0.4 is 15.8 Å². The zero-order valence-electron chi connectivity index (χ0n) is 12.2. The van der Waals surface area contributed by atoms with Crippen molar-refractivity contribution < 1.29 is 9.13 Å². The SMILES string of the molecule is COc1ccc(C(C)Nc2nc(N)nc(C(C)F)n2)cc1. The minimum absolute atomic E-state index is 0.00562. The van der Waals surface area contributed by atoms with Gasteiger partial charge < -0.3 is 15.8 Å². The van der Waals surface area contributed by atoms with Crippen molar-refractivity contribution in [2.45, 2.75) is 26.1 Å². The maximum atomic E-state index is 13.3. The van der Waals surface area contributed by atoms with Crippen LogP contribution in [0.2, 0.25) is 0 Å². The first-order valence-corrected chi connectivity index (χ1v) is 6.55. The third-order valence-corrected chi connectivity index (χ3v) is 2.99. The monoisotopic (exact) mass is 291 g/mol. The van der Waals surface area contributed by atoms with Gasteiger partial charge in [0.1, 0.15) is 5.75 Å². The molecular weight excluding hydrogens is 273 g/mol. The minimum atomic E-state index is -1.30. The lowest BCUT2D eigenvalue weighted by Gasteiger charge is -2.15. The summed E-state index contributed by atoms with van der Waals surface area (Å²) in [5.74, 6) is 1.05. The molecule has 0 saturated heterocycles. The molecule has 2 atom stereocenters. The summed E-state index contributed by atoms with van der Waals surface area (Å²) in [6.45, 7) is 3.30. The molecule has 0 aliphatic carbocycles. The highest BCUT2D eigenvalue weighted by molar-refractivity contribution is 5.37. The summed E-state index contributed by atoms with van der Waals surface area (Å²) in [4.78, 5) is 11.7. The fourth-order valence-corrected chi connectivity index (χ4v) is 1.82. The van der Waals surface area contributed by atoms with Crippen LogP contribution in [0.3, 0.4) is 0 Å². The molecule has 0 bridgehead atoms. The molecule has 2 unspecified atom stereocenters. The predicted octanol–water partition coefficient (Wildman–Crippen LogP) is 2.67. The number of nitrogen functional groups attached to an aromatic ring is 1. The van der Waals surface area contributed by atoms with Crippen molar-refractivity contribution in [2.75, 3.05) is 18.2 Å². The van der Waals surface area contributed by atoms with Crippen molar-refractivity contribution >= 4 is 11.9 Å². The fourth-order valence-electron chi connectivity index (χ4n) is 1.82. The van der Waals surface area contributed by atoms with Crippen molar-refractivity contribution in [3.63, 3.8) is 0 Å². The van der Waals surface area contributed by atoms with E-state index in [0.29, 0.717) is 0 Å². The van der Waals surface area contributed by atoms with Crippen molar-refractivity contribution in [3.05, 3.63) is 35.7 Å². The van der Waals surface area contributed by atoms with E-state index >= 15 is 0 Å². The number of benzene rings is 1. The van der Waals surface area contributed by atoms with Crippen LogP contribution in [0, 0.1) is 0 Å². The average Bonchev–Trinajstić information content (AvgIpc) is 2.46. The number of alkyl halides is 1. The normalized spacial score (nSPS) is 13.5. The van der Waals surface area contributed by atoms with Gasteiger partial charge in [-0.15, -0.1) is 0 Å². The van der Waals surface area contributed by atoms with Gasteiger partial charge in [0.25, 0.3) is 0 Å². The largest absolute Gasteiger partial charge is 0.497 e. The molecule has 21 heavy (non-hydrogen) atoms. The molecule has 0 spiro atoms. The van der Waals surface area contributed by atoms with Gasteiger partial charge in [0, 0.05) is 0 Å². The van der Waals surface area contributed by atoms with Gasteiger partial charge in [0.05, 0.1) is 13.2 Å². The maximum absolute atomic E-state index is 13.3. The highest BCUT2D eigenvalue weighted by Crippen LogP contribution is 2.21. The lowest BCUT2D eigenvalue weighted by Crippen LogP contribution is -2.13. The van der Waals surface area contributed by atoms with E-state index in [2.05, 4.69) is 20.3 Å². The zero-order chi connectivity index (χ0) is 15.4. The van der Waals surface area contributed by atoms with E-state index in [4.69, 9.17) is 10.5 Å². The Kier molecular flexibility index (Phi) is 4.52. The van der Waals surface area contributed by atoms with E-state index < -0.39 is 6.17 Å². The molecule has 3 N–H and O–H groups in total. The molecule has 2 rings (SSSR count). The Hall–Kier alpha value is -2.44. The number of rotatable bonds is 5. The topological polar surface area (TPSA) is 86.0 Å². The maximum Gasteiger partial charge on any atom is 0.228 e. The van der Waals surface area contributed by atoms with Crippen LogP contribution in [0.5, 0.6) is 5.75 Å². The number of nitrogens with two attached hydrogens (primary N) is 1. The Balaban J connectivity index is 2.16. The van der Waals surface area contributed by atoms with Crippen LogP contribution in [-0.2, 0) is 0 Å². The van der Waals surface area contributed by atoms with Crippen LogP contribution in [0.4, 0.5) is 16.3 Å². The number of ether oxygens (including phenoxy) is 1. The summed E-state index contributed by atoms with van der Waals surface area (Å²) in [6.07, 6.45) is -1.30. The summed E-state index contributed by atoms with van der Waals surface area (Å²) < 4.78 is 18.4. The van der Waals surface area contributed by atoms with Gasteiger partial charge in [-0.1, -0.05) is 12.1 Å². The molecule has 112 valence electrons. The van der Waals surface area contributed by atoms with E-state index in [1.54, 1.807) is 7.11 Å². The lowest BCUT2D eigenvalue weighted by atomic mass is 10.1. The van der Waals surface area contributed by atoms with Gasteiger partial charge in [-0.3, -0.25) is 0 Å². The van der Waals surface area contributed by atoms with Gasteiger partial charge in [-0.2, -0.15) is 15.0 Å². The number of hydrogen-bond donors (Lipinski definition) is 2. The molecule has 0 amide bonds. The Morgan fingerprint density at radius 1 is 1.14 bits per heavy atom. The zero-order valence-corrected chi connectivity index (χ0v) is 12.2. The first kappa shape index (κ1) is 15.0. The predicted molar refractivity (Wildman–Crippen MR) is 78.8 cm³/mol. The number of aromatic nitrogens is 3. The van der Waals surface area contributed by atoms with Crippen molar-refractivity contribution in [3.8, 4) is 5.75 Å². The molecular formula is C14H18FN5O. The fraction of sp³-hybridized carbons (Fsp3) is 0.357. The van der Waals surface area contributed by atoms with Crippen molar-refractivity contribution in [1.82, 2.24) is 15.0 Å². The number of hydrogen-bond acceptors (Lipinski definition) is 6. The highest BCUT2D eigenvalue weighted by atomic mass is 19.1. The lowest BCUT2D eigenvalue weighted by molar-refractivity contribution is 0.356. The number of anilines is 2. The second-order valence-corrected chi connectivity index (χ2v) is 4.63. The molecule has 2 aromatic rings. The Morgan fingerprint density at radius 2 is 1.81 bits per heavy atom. The van der Waals surface area contributed by atoms with Gasteiger partial charge in [0.2, 0.25) is 11.9 Å². The molecule has 1 aromatic carbocycles. The molecule has 0 aliphatic heterocycles. The quantitative estimate of drug-likeness (QED) is 0.880. The number of nitrogens with one attached hydrogen (secondary N) is 1. The first-order valence-electron chi connectivity index (χ1n) is 6.55. The second kappa shape index (κ2) is 6.34. The summed E-state index contributed by atoms with van der Waals surface area (Å²) in [5, 5.41) is 3.08. The van der Waals surface area contributed by atoms with Gasteiger partial charge in [-0.25, -0.2) is 4.39 Å². The standard InChI is InChI=1S/C14H18FN5O/c1-8(15)12-18-13(16)20-14(19-12)17-9(2)10-4-6-11(21-3)7-5-10/h4-9H,1-3H3,(H3,16,17,18,19,20). The van der Waals surface area contributed by atoms with Gasteiger partial charge >= 0.3 is 0 Å². The van der Waals surface area contributed by atoms with E-state index in [9.17, 15) is 4.39 Å². The van der Waals surface area contributed by atoms with Gasteiger partial charge in [-0.05, 0) is 31.5 Å². The summed E-state index contributed by atoms with van der Waals surface area (Å²) in [5.41, 5.74) is 6.58. The third kappa shape index (κ3) is 3.77. The molecule has 0 radical (unpaired) electrons. The van der Waals surface area contributed by atoms with Gasteiger partial charge in [0.15, 0.2) is 12.0 Å². The smallest absolute Gasteiger partial charge is 0.228 e. The summed E-state index contributed by atoms with van der Waals surface area (Å²) in [7, 11) is 1.62. The molecule has 0 fully saturated rings. The van der Waals surface area contributed by atoms with Crippen LogP contribution in [0.1, 0.15) is 37.4 Å². The highest BCUT2D eigenvalue weighted by Gasteiger charge is 2.13. The summed E-state index contributed by atoms with van der Waals surface area (Å²) >= 11 is 0. The minimum Gasteiger partial charge on any atom is -0.497 e. The van der Waals surface area contributed by atoms with Crippen LogP contribution in [0.15, 0.2) is 24.3 Å². The van der Waals surface area contributed by atoms with Crippen LogP contribution in [-0.4, -0.2) is 22.1 Å². The average molecular weight is 291 g/mol. The summed E-state index contributed by atoms with van der Waals surface area (Å²) in [6, 6.07) is 7.52. The molecule has 1 heterocycles. The molecule has 0 saturated carbocycles. The Labute approximate surface area is 122 Å². The second-order valence-electron chi connectivity index (χ2n) is 4.63. The molecule has 6 nitrogen and oxygen atoms in total. The number of methoxy groups -OCH3 is 1. The van der Waals surface area contributed by atoms with Crippen molar-refractivity contribution in [2.24, 2.45) is 0 Å². The van der Waals surface area contributed by atoms with Crippen LogP contribution >= 0.6 is 0 Å². The van der Waals surface area contributed by atoms with Crippen LogP contribution in [0.25, 0.3) is 0 Å². The molecule has 0 aliphatic rings. The van der Waals surface area contributed by atoms with E-state index in [1.165, 1.54) is 6.92 Å². The molecule has 7 heteroatoms. The number of halogens is 1. The van der Waals surface area contributed by atoms with Crippen molar-refractivity contribution in [1.29, 1.82) is 0 Å². The van der Waals surface area contributed by atoms with E-state index in [-0.39, 0.29) is 23.8 Å².